The Bertz CT molecular complexity index is 760. The zero-order chi connectivity index (χ0) is 15.7. The molecule has 0 fully saturated rings. The molecule has 1 aromatic heterocycles. The van der Waals surface area contributed by atoms with E-state index in [1.54, 1.807) is 7.05 Å². The van der Waals surface area contributed by atoms with Gasteiger partial charge in [0.15, 0.2) is 5.75 Å². The number of rotatable bonds is 3. The van der Waals surface area contributed by atoms with Crippen molar-refractivity contribution in [2.75, 3.05) is 7.11 Å². The van der Waals surface area contributed by atoms with Crippen molar-refractivity contribution in [1.29, 1.82) is 0 Å². The van der Waals surface area contributed by atoms with Crippen LogP contribution >= 0.6 is 22.6 Å². The molecule has 1 aromatic carbocycles. The third-order valence-electron chi connectivity index (χ3n) is 3.16. The number of methoxy groups -OCH3 is 1. The summed E-state index contributed by atoms with van der Waals surface area (Å²) in [5, 5.41) is 9.26. The van der Waals surface area contributed by atoms with E-state index in [1.807, 2.05) is 25.1 Å². The zero-order valence-corrected chi connectivity index (χ0v) is 14.0. The van der Waals surface area contributed by atoms with Crippen molar-refractivity contribution in [3.05, 3.63) is 49.3 Å². The summed E-state index contributed by atoms with van der Waals surface area (Å²) in [7, 11) is 2.89. The van der Waals surface area contributed by atoms with Crippen LogP contribution in [0.2, 0.25) is 0 Å². The first-order valence-electron chi connectivity index (χ1n) is 6.14. The number of aromatic nitrogens is 1. The number of benzene rings is 1. The Hall–Kier alpha value is -1.83. The van der Waals surface area contributed by atoms with E-state index in [0.717, 1.165) is 14.7 Å². The fourth-order valence-corrected chi connectivity index (χ4v) is 3.02. The quantitative estimate of drug-likeness (QED) is 0.807. The standard InChI is InChI=1S/C15H14INO4/c1-8-4-9(6-10(16)5-8)12-7-11(15(19)20)13(21-3)14(18)17(12)2/h4-7H,1-3H3,(H,19,20). The third kappa shape index (κ3) is 2.94. The second kappa shape index (κ2) is 5.88. The maximum absolute atomic E-state index is 12.3. The number of aryl methyl sites for hydroxylation is 1. The Balaban J connectivity index is 2.81. The molecule has 0 atom stereocenters. The number of carboxylic acids is 1. The van der Waals surface area contributed by atoms with Crippen LogP contribution in [-0.2, 0) is 7.05 Å². The number of hydrogen-bond donors (Lipinski definition) is 1. The van der Waals surface area contributed by atoms with Gasteiger partial charge in [-0.3, -0.25) is 4.79 Å². The van der Waals surface area contributed by atoms with E-state index in [-0.39, 0.29) is 11.3 Å². The van der Waals surface area contributed by atoms with Crippen molar-refractivity contribution in [1.82, 2.24) is 4.57 Å². The fourth-order valence-electron chi connectivity index (χ4n) is 2.19. The number of ether oxygens (including phenoxy) is 1. The van der Waals surface area contributed by atoms with Crippen LogP contribution in [0, 0.1) is 10.5 Å². The molecule has 2 rings (SSSR count). The highest BCUT2D eigenvalue weighted by molar-refractivity contribution is 14.1. The summed E-state index contributed by atoms with van der Waals surface area (Å²) in [6.45, 7) is 1.95. The minimum absolute atomic E-state index is 0.132. The lowest BCUT2D eigenvalue weighted by molar-refractivity contribution is 0.0693. The van der Waals surface area contributed by atoms with Gasteiger partial charge in [-0.25, -0.2) is 4.79 Å². The highest BCUT2D eigenvalue weighted by Gasteiger charge is 2.19. The van der Waals surface area contributed by atoms with Crippen LogP contribution in [0.1, 0.15) is 15.9 Å². The molecule has 0 aliphatic rings. The Kier molecular flexibility index (Phi) is 4.36. The van der Waals surface area contributed by atoms with Crippen molar-refractivity contribution in [2.24, 2.45) is 7.05 Å². The first kappa shape index (κ1) is 15.6. The largest absolute Gasteiger partial charge is 0.490 e. The van der Waals surface area contributed by atoms with E-state index in [2.05, 4.69) is 22.6 Å². The normalized spacial score (nSPS) is 10.5. The summed E-state index contributed by atoms with van der Waals surface area (Å²) in [4.78, 5) is 23.6. The lowest BCUT2D eigenvalue weighted by Gasteiger charge is -2.13. The predicted octanol–water partition coefficient (Wildman–Crippen LogP) is 2.67. The van der Waals surface area contributed by atoms with Crippen molar-refractivity contribution in [3.63, 3.8) is 0 Å². The highest BCUT2D eigenvalue weighted by Crippen LogP contribution is 2.25. The molecule has 1 heterocycles. The number of halogens is 1. The summed E-state index contributed by atoms with van der Waals surface area (Å²) in [6, 6.07) is 7.28. The maximum atomic E-state index is 12.3. The minimum atomic E-state index is -1.19. The molecule has 0 unspecified atom stereocenters. The molecule has 2 aromatic rings. The van der Waals surface area contributed by atoms with Gasteiger partial charge in [0.25, 0.3) is 5.56 Å². The molecule has 0 amide bonds. The zero-order valence-electron chi connectivity index (χ0n) is 11.8. The van der Waals surface area contributed by atoms with Crippen LogP contribution in [0.15, 0.2) is 29.1 Å². The van der Waals surface area contributed by atoms with Crippen LogP contribution < -0.4 is 10.3 Å². The van der Waals surface area contributed by atoms with E-state index < -0.39 is 11.5 Å². The second-order valence-corrected chi connectivity index (χ2v) is 5.91. The van der Waals surface area contributed by atoms with Gasteiger partial charge < -0.3 is 14.4 Å². The molecule has 110 valence electrons. The molecule has 1 N–H and O–H groups in total. The van der Waals surface area contributed by atoms with Crippen molar-refractivity contribution < 1.29 is 14.6 Å². The summed E-state index contributed by atoms with van der Waals surface area (Å²) >= 11 is 2.19. The molecule has 0 aliphatic heterocycles. The Morgan fingerprint density at radius 3 is 2.48 bits per heavy atom. The summed E-state index contributed by atoms with van der Waals surface area (Å²) in [5.41, 5.74) is 1.78. The van der Waals surface area contributed by atoms with Crippen LogP contribution in [0.25, 0.3) is 11.3 Å². The average molecular weight is 399 g/mol. The number of pyridine rings is 1. The van der Waals surface area contributed by atoms with Gasteiger partial charge >= 0.3 is 5.97 Å². The lowest BCUT2D eigenvalue weighted by atomic mass is 10.1. The summed E-state index contributed by atoms with van der Waals surface area (Å²) in [6.07, 6.45) is 0. The van der Waals surface area contributed by atoms with E-state index in [1.165, 1.54) is 17.7 Å². The molecular formula is C15H14INO4. The van der Waals surface area contributed by atoms with Crippen LogP contribution in [0.5, 0.6) is 5.75 Å². The smallest absolute Gasteiger partial charge is 0.339 e. The van der Waals surface area contributed by atoms with Crippen LogP contribution in [-0.4, -0.2) is 22.8 Å². The van der Waals surface area contributed by atoms with Gasteiger partial charge in [0.2, 0.25) is 0 Å². The van der Waals surface area contributed by atoms with Gasteiger partial charge in [-0.15, -0.1) is 0 Å². The van der Waals surface area contributed by atoms with Crippen molar-refractivity contribution in [3.8, 4) is 17.0 Å². The Morgan fingerprint density at radius 2 is 1.95 bits per heavy atom. The van der Waals surface area contributed by atoms with Gasteiger partial charge in [-0.05, 0) is 64.9 Å². The van der Waals surface area contributed by atoms with E-state index in [4.69, 9.17) is 4.74 Å². The average Bonchev–Trinajstić information content (AvgIpc) is 2.40. The molecule has 5 nitrogen and oxygen atoms in total. The van der Waals surface area contributed by atoms with E-state index >= 15 is 0 Å². The molecule has 0 aliphatic carbocycles. The van der Waals surface area contributed by atoms with E-state index in [0.29, 0.717) is 5.69 Å². The SMILES string of the molecule is COc1c(C(=O)O)cc(-c2cc(C)cc(I)c2)n(C)c1=O. The van der Waals surface area contributed by atoms with Crippen LogP contribution in [0.3, 0.4) is 0 Å². The first-order chi connectivity index (χ1) is 9.85. The van der Waals surface area contributed by atoms with Crippen molar-refractivity contribution >= 4 is 28.6 Å². The lowest BCUT2D eigenvalue weighted by Crippen LogP contribution is -2.23. The Labute approximate surface area is 135 Å². The number of carbonyl (C=O) groups is 1. The van der Waals surface area contributed by atoms with E-state index in [9.17, 15) is 14.7 Å². The number of aromatic carboxylic acids is 1. The minimum Gasteiger partial charge on any atom is -0.490 e. The number of nitrogens with zero attached hydrogens (tertiary/aromatic N) is 1. The molecule has 0 spiro atoms. The maximum Gasteiger partial charge on any atom is 0.339 e. The summed E-state index contributed by atoms with van der Waals surface area (Å²) < 4.78 is 7.36. The molecular weight excluding hydrogens is 385 g/mol. The second-order valence-electron chi connectivity index (χ2n) is 4.66. The molecule has 0 bridgehead atoms. The third-order valence-corrected chi connectivity index (χ3v) is 3.78. The highest BCUT2D eigenvalue weighted by atomic mass is 127. The molecule has 0 saturated carbocycles. The topological polar surface area (TPSA) is 68.5 Å². The molecule has 21 heavy (non-hydrogen) atoms. The predicted molar refractivity (Wildman–Crippen MR) is 88.1 cm³/mol. The number of carboxylic acid groups (broad SMARTS) is 1. The molecule has 6 heteroatoms. The van der Waals surface area contributed by atoms with Gasteiger partial charge in [0.1, 0.15) is 5.56 Å². The van der Waals surface area contributed by atoms with Gasteiger partial charge in [0.05, 0.1) is 12.8 Å². The van der Waals surface area contributed by atoms with Crippen LogP contribution in [0.4, 0.5) is 0 Å². The fraction of sp³-hybridized carbons (Fsp3) is 0.200. The van der Waals surface area contributed by atoms with Gasteiger partial charge in [-0.1, -0.05) is 0 Å². The first-order valence-corrected chi connectivity index (χ1v) is 7.22. The monoisotopic (exact) mass is 399 g/mol. The molecule has 0 radical (unpaired) electrons. The van der Waals surface area contributed by atoms with Gasteiger partial charge in [-0.2, -0.15) is 0 Å². The Morgan fingerprint density at radius 1 is 1.29 bits per heavy atom. The molecule has 0 saturated heterocycles. The summed E-state index contributed by atoms with van der Waals surface area (Å²) in [5.74, 6) is -1.34. The number of hydrogen-bond acceptors (Lipinski definition) is 3. The van der Waals surface area contributed by atoms with Gasteiger partial charge in [0, 0.05) is 10.6 Å². The van der Waals surface area contributed by atoms with Crippen molar-refractivity contribution in [2.45, 2.75) is 6.92 Å².